The topological polar surface area (TPSA) is 77.1 Å². The summed E-state index contributed by atoms with van der Waals surface area (Å²) in [5.74, 6) is 1.43. The highest BCUT2D eigenvalue weighted by atomic mass is 16.6. The van der Waals surface area contributed by atoms with Crippen molar-refractivity contribution >= 4 is 17.5 Å². The zero-order valence-electron chi connectivity index (χ0n) is 17.2. The van der Waals surface area contributed by atoms with E-state index in [1.54, 1.807) is 12.0 Å². The van der Waals surface area contributed by atoms with Crippen LogP contribution in [0.4, 0.5) is 5.69 Å². The van der Waals surface area contributed by atoms with Crippen molar-refractivity contribution in [2.75, 3.05) is 31.8 Å². The number of fused-ring (bicyclic) bond motifs is 1. The maximum absolute atomic E-state index is 13.0. The maximum atomic E-state index is 13.0. The van der Waals surface area contributed by atoms with Gasteiger partial charge in [-0.25, -0.2) is 0 Å². The number of amides is 2. The molecule has 2 aliphatic rings. The second-order valence-corrected chi connectivity index (χ2v) is 7.45. The number of nitrogens with zero attached hydrogens (tertiary/aromatic N) is 1. The fraction of sp³-hybridized carbons (Fsp3) is 0.391. The number of para-hydroxylation sites is 2. The summed E-state index contributed by atoms with van der Waals surface area (Å²) in [6, 6.07) is 12.9. The summed E-state index contributed by atoms with van der Waals surface area (Å²) in [5, 5.41) is 3.11. The number of carbonyl (C=O) groups excluding carboxylic acids is 2. The minimum absolute atomic E-state index is 0.0768. The minimum Gasteiger partial charge on any atom is -0.495 e. The summed E-state index contributed by atoms with van der Waals surface area (Å²) < 4.78 is 16.6. The van der Waals surface area contributed by atoms with Crippen LogP contribution in [-0.4, -0.2) is 38.7 Å². The first-order chi connectivity index (χ1) is 14.6. The predicted octanol–water partition coefficient (Wildman–Crippen LogP) is 3.09. The van der Waals surface area contributed by atoms with Gasteiger partial charge in [-0.2, -0.15) is 0 Å². The first-order valence-electron chi connectivity index (χ1n) is 10.2. The highest BCUT2D eigenvalue weighted by Crippen LogP contribution is 2.35. The summed E-state index contributed by atoms with van der Waals surface area (Å²) in [5.41, 5.74) is 1.65. The molecule has 2 unspecified atom stereocenters. The Morgan fingerprint density at radius 3 is 2.73 bits per heavy atom. The van der Waals surface area contributed by atoms with Crippen LogP contribution in [0.15, 0.2) is 42.5 Å². The Morgan fingerprint density at radius 1 is 1.20 bits per heavy atom. The van der Waals surface area contributed by atoms with E-state index in [9.17, 15) is 9.59 Å². The van der Waals surface area contributed by atoms with Crippen molar-refractivity contribution in [1.82, 2.24) is 5.32 Å². The van der Waals surface area contributed by atoms with Gasteiger partial charge in [-0.05, 0) is 36.2 Å². The largest absolute Gasteiger partial charge is 0.495 e. The fourth-order valence-electron chi connectivity index (χ4n) is 3.96. The lowest BCUT2D eigenvalue weighted by molar-refractivity contribution is -0.127. The quantitative estimate of drug-likeness (QED) is 0.792. The molecule has 158 valence electrons. The van der Waals surface area contributed by atoms with E-state index in [0.29, 0.717) is 36.9 Å². The zero-order chi connectivity index (χ0) is 21.1. The molecule has 0 spiro atoms. The molecule has 0 radical (unpaired) electrons. The molecule has 30 heavy (non-hydrogen) atoms. The van der Waals surface area contributed by atoms with Crippen molar-refractivity contribution in [3.05, 3.63) is 48.0 Å². The van der Waals surface area contributed by atoms with Gasteiger partial charge in [0.15, 0.2) is 11.5 Å². The number of nitrogens with one attached hydrogen (secondary N) is 1. The molecule has 7 nitrogen and oxygen atoms in total. The Morgan fingerprint density at radius 2 is 1.97 bits per heavy atom. The predicted molar refractivity (Wildman–Crippen MR) is 112 cm³/mol. The smallest absolute Gasteiger partial charge is 0.227 e. The van der Waals surface area contributed by atoms with E-state index in [2.05, 4.69) is 5.32 Å². The molecule has 7 heteroatoms. The van der Waals surface area contributed by atoms with E-state index in [1.807, 2.05) is 49.4 Å². The van der Waals surface area contributed by atoms with Crippen molar-refractivity contribution in [3.63, 3.8) is 0 Å². The van der Waals surface area contributed by atoms with Gasteiger partial charge in [-0.15, -0.1) is 0 Å². The third-order valence-corrected chi connectivity index (χ3v) is 5.57. The SMILES string of the molecule is CCC(NC(=O)C1CC(=O)N(c2ccccc2OC)C1)c1ccc2c(c1)OCCO2. The average molecular weight is 410 g/mol. The number of hydrogen-bond donors (Lipinski definition) is 1. The second-order valence-electron chi connectivity index (χ2n) is 7.45. The number of anilines is 1. The van der Waals surface area contributed by atoms with Crippen LogP contribution in [0.25, 0.3) is 0 Å². The normalized spacial score (nSPS) is 18.8. The highest BCUT2D eigenvalue weighted by Gasteiger charge is 2.36. The number of ether oxygens (including phenoxy) is 3. The Bertz CT molecular complexity index is 945. The highest BCUT2D eigenvalue weighted by molar-refractivity contribution is 6.01. The van der Waals surface area contributed by atoms with E-state index < -0.39 is 5.92 Å². The molecule has 2 atom stereocenters. The molecule has 0 bridgehead atoms. The van der Waals surface area contributed by atoms with Crippen LogP contribution in [0.5, 0.6) is 17.2 Å². The molecule has 1 N–H and O–H groups in total. The van der Waals surface area contributed by atoms with Gasteiger partial charge in [-0.3, -0.25) is 9.59 Å². The molecule has 2 aromatic carbocycles. The van der Waals surface area contributed by atoms with E-state index in [1.165, 1.54) is 0 Å². The van der Waals surface area contributed by atoms with Crippen molar-refractivity contribution in [3.8, 4) is 17.2 Å². The summed E-state index contributed by atoms with van der Waals surface area (Å²) >= 11 is 0. The maximum Gasteiger partial charge on any atom is 0.227 e. The van der Waals surface area contributed by atoms with Gasteiger partial charge in [-0.1, -0.05) is 25.1 Å². The van der Waals surface area contributed by atoms with Crippen LogP contribution in [0.2, 0.25) is 0 Å². The van der Waals surface area contributed by atoms with Gasteiger partial charge in [0.25, 0.3) is 0 Å². The van der Waals surface area contributed by atoms with Gasteiger partial charge < -0.3 is 24.4 Å². The molecule has 0 aliphatic carbocycles. The van der Waals surface area contributed by atoms with Gasteiger partial charge in [0.05, 0.1) is 24.8 Å². The summed E-state index contributed by atoms with van der Waals surface area (Å²) in [6.45, 7) is 3.41. The van der Waals surface area contributed by atoms with E-state index in [4.69, 9.17) is 14.2 Å². The molecule has 1 saturated heterocycles. The van der Waals surface area contributed by atoms with Gasteiger partial charge in [0, 0.05) is 13.0 Å². The Balaban J connectivity index is 1.46. The summed E-state index contributed by atoms with van der Waals surface area (Å²) in [6.07, 6.45) is 0.906. The third kappa shape index (κ3) is 3.92. The van der Waals surface area contributed by atoms with Crippen molar-refractivity contribution in [2.45, 2.75) is 25.8 Å². The number of rotatable bonds is 6. The summed E-state index contributed by atoms with van der Waals surface area (Å²) in [4.78, 5) is 27.2. The lowest BCUT2D eigenvalue weighted by Crippen LogP contribution is -2.35. The molecule has 2 aliphatic heterocycles. The monoisotopic (exact) mass is 410 g/mol. The van der Waals surface area contributed by atoms with Gasteiger partial charge in [0.2, 0.25) is 11.8 Å². The summed E-state index contributed by atoms with van der Waals surface area (Å²) in [7, 11) is 1.57. The van der Waals surface area contributed by atoms with Crippen LogP contribution < -0.4 is 24.4 Å². The van der Waals surface area contributed by atoms with Crippen LogP contribution in [-0.2, 0) is 9.59 Å². The number of carbonyl (C=O) groups is 2. The zero-order valence-corrected chi connectivity index (χ0v) is 17.2. The Kier molecular flexibility index (Phi) is 5.79. The van der Waals surface area contributed by atoms with Crippen molar-refractivity contribution in [2.24, 2.45) is 5.92 Å². The third-order valence-electron chi connectivity index (χ3n) is 5.57. The first-order valence-corrected chi connectivity index (χ1v) is 10.2. The number of benzene rings is 2. The van der Waals surface area contributed by atoms with E-state index in [-0.39, 0.29) is 24.3 Å². The number of hydrogen-bond acceptors (Lipinski definition) is 5. The number of methoxy groups -OCH3 is 1. The molecule has 2 heterocycles. The van der Waals surface area contributed by atoms with Crippen LogP contribution in [0.1, 0.15) is 31.4 Å². The second kappa shape index (κ2) is 8.65. The first kappa shape index (κ1) is 20.1. The lowest BCUT2D eigenvalue weighted by Gasteiger charge is -2.23. The van der Waals surface area contributed by atoms with E-state index >= 15 is 0 Å². The molecule has 2 amide bonds. The minimum atomic E-state index is -0.409. The van der Waals surface area contributed by atoms with Crippen LogP contribution in [0.3, 0.4) is 0 Å². The average Bonchev–Trinajstić information content (AvgIpc) is 3.18. The fourth-order valence-corrected chi connectivity index (χ4v) is 3.96. The molecule has 4 rings (SSSR count). The molecule has 0 saturated carbocycles. The van der Waals surface area contributed by atoms with Crippen LogP contribution in [0, 0.1) is 5.92 Å². The van der Waals surface area contributed by atoms with Gasteiger partial charge >= 0.3 is 0 Å². The molecular formula is C23H26N2O5. The van der Waals surface area contributed by atoms with Gasteiger partial charge in [0.1, 0.15) is 19.0 Å². The van der Waals surface area contributed by atoms with Crippen molar-refractivity contribution in [1.29, 1.82) is 0 Å². The Labute approximate surface area is 175 Å². The molecule has 0 aromatic heterocycles. The molecular weight excluding hydrogens is 384 g/mol. The standard InChI is InChI=1S/C23H26N2O5/c1-3-17(15-8-9-20-21(12-15)30-11-10-29-20)24-23(27)16-13-22(26)25(14-16)18-6-4-5-7-19(18)28-2/h4-9,12,16-17H,3,10-11,13-14H2,1-2H3,(H,24,27). The lowest BCUT2D eigenvalue weighted by atomic mass is 10.0. The molecule has 1 fully saturated rings. The Hall–Kier alpha value is -3.22. The molecule has 2 aromatic rings. The van der Waals surface area contributed by atoms with Crippen LogP contribution >= 0.6 is 0 Å². The van der Waals surface area contributed by atoms with E-state index in [0.717, 1.165) is 17.7 Å². The van der Waals surface area contributed by atoms with Crippen molar-refractivity contribution < 1.29 is 23.8 Å².